The van der Waals surface area contributed by atoms with E-state index < -0.39 is 11.8 Å². The van der Waals surface area contributed by atoms with Crippen LogP contribution >= 0.6 is 11.6 Å². The van der Waals surface area contributed by atoms with E-state index in [0.717, 1.165) is 22.3 Å². The Balaban J connectivity index is 1.24. The Hall–Kier alpha value is -3.77. The standard InChI is InChI=1S/C35H33ClO5/c36-31-18-15-28(16-19-31)27-11-13-29(14-12-27)34(37)32-20-17-30(23-40-24-39-21-25-7-3-1-4-8-25)33(32)35(38)41-22-26-9-5-2-6-10-26/h1-16,18-19,30,32-33H,17,20-24H2/t30-,32?,33?/m0/s1. The van der Waals surface area contributed by atoms with Gasteiger partial charge < -0.3 is 14.2 Å². The van der Waals surface area contributed by atoms with E-state index in [4.69, 9.17) is 25.8 Å². The molecule has 0 spiro atoms. The third-order valence-corrected chi connectivity index (χ3v) is 7.83. The summed E-state index contributed by atoms with van der Waals surface area (Å²) in [6.07, 6.45) is 1.30. The highest BCUT2D eigenvalue weighted by Crippen LogP contribution is 2.40. The summed E-state index contributed by atoms with van der Waals surface area (Å²) in [5, 5.41) is 0.674. The topological polar surface area (TPSA) is 61.8 Å². The normalized spacial score (nSPS) is 18.2. The van der Waals surface area contributed by atoms with Gasteiger partial charge in [-0.15, -0.1) is 0 Å². The molecule has 41 heavy (non-hydrogen) atoms. The number of esters is 1. The van der Waals surface area contributed by atoms with Crippen LogP contribution in [0.15, 0.2) is 109 Å². The van der Waals surface area contributed by atoms with Crippen molar-refractivity contribution in [3.63, 3.8) is 0 Å². The summed E-state index contributed by atoms with van der Waals surface area (Å²) >= 11 is 6.02. The molecule has 210 valence electrons. The van der Waals surface area contributed by atoms with Crippen LogP contribution < -0.4 is 0 Å². The Kier molecular flexibility index (Phi) is 9.97. The van der Waals surface area contributed by atoms with E-state index >= 15 is 0 Å². The summed E-state index contributed by atoms with van der Waals surface area (Å²) in [5.41, 5.74) is 4.56. The molecule has 0 saturated heterocycles. The van der Waals surface area contributed by atoms with Crippen molar-refractivity contribution in [3.8, 4) is 11.1 Å². The van der Waals surface area contributed by atoms with E-state index in [0.29, 0.717) is 36.6 Å². The quantitative estimate of drug-likeness (QED) is 0.0756. The smallest absolute Gasteiger partial charge is 0.310 e. The van der Waals surface area contributed by atoms with Crippen molar-refractivity contribution in [2.45, 2.75) is 26.1 Å². The van der Waals surface area contributed by atoms with Gasteiger partial charge in [0, 0.05) is 16.5 Å². The highest BCUT2D eigenvalue weighted by molar-refractivity contribution is 6.30. The Morgan fingerprint density at radius 1 is 0.683 bits per heavy atom. The summed E-state index contributed by atoms with van der Waals surface area (Å²) in [7, 11) is 0. The molecule has 0 aliphatic heterocycles. The lowest BCUT2D eigenvalue weighted by Crippen LogP contribution is -2.33. The van der Waals surface area contributed by atoms with Crippen LogP contribution in [-0.4, -0.2) is 25.2 Å². The average molecular weight is 569 g/mol. The molecule has 5 nitrogen and oxygen atoms in total. The molecule has 4 aromatic carbocycles. The molecule has 0 amide bonds. The first-order chi connectivity index (χ1) is 20.1. The van der Waals surface area contributed by atoms with Crippen LogP contribution in [0.2, 0.25) is 5.02 Å². The molecule has 0 N–H and O–H groups in total. The van der Waals surface area contributed by atoms with Crippen LogP contribution in [0.4, 0.5) is 0 Å². The van der Waals surface area contributed by atoms with Crippen LogP contribution in [0.3, 0.4) is 0 Å². The molecule has 0 radical (unpaired) electrons. The molecule has 0 aromatic heterocycles. The summed E-state index contributed by atoms with van der Waals surface area (Å²) in [4.78, 5) is 27.2. The highest BCUT2D eigenvalue weighted by Gasteiger charge is 2.45. The summed E-state index contributed by atoms with van der Waals surface area (Å²) in [6.45, 7) is 1.04. The lowest BCUT2D eigenvalue weighted by Gasteiger charge is -2.23. The predicted octanol–water partition coefficient (Wildman–Crippen LogP) is 7.77. The van der Waals surface area contributed by atoms with E-state index in [2.05, 4.69) is 0 Å². The zero-order chi connectivity index (χ0) is 28.4. The summed E-state index contributed by atoms with van der Waals surface area (Å²) in [5.74, 6) is -1.60. The molecule has 1 fully saturated rings. The SMILES string of the molecule is O=C(c1ccc(-c2ccc(Cl)cc2)cc1)C1CC[C@@H](COCOCc2ccccc2)C1C(=O)OCc1ccccc1. The Labute approximate surface area is 246 Å². The zero-order valence-electron chi connectivity index (χ0n) is 22.8. The van der Waals surface area contributed by atoms with Crippen molar-refractivity contribution in [2.75, 3.05) is 13.4 Å². The van der Waals surface area contributed by atoms with Gasteiger partial charge >= 0.3 is 5.97 Å². The molecule has 3 atom stereocenters. The number of benzene rings is 4. The van der Waals surface area contributed by atoms with Crippen LogP contribution in [0, 0.1) is 17.8 Å². The van der Waals surface area contributed by atoms with Crippen molar-refractivity contribution in [3.05, 3.63) is 131 Å². The van der Waals surface area contributed by atoms with Gasteiger partial charge in [-0.3, -0.25) is 9.59 Å². The van der Waals surface area contributed by atoms with Gasteiger partial charge in [0.15, 0.2) is 5.78 Å². The Bertz CT molecular complexity index is 1400. The van der Waals surface area contributed by atoms with E-state index in [-0.39, 0.29) is 31.1 Å². The molecular weight excluding hydrogens is 536 g/mol. The van der Waals surface area contributed by atoms with Crippen molar-refractivity contribution in [1.82, 2.24) is 0 Å². The third kappa shape index (κ3) is 7.70. The molecule has 6 heteroatoms. The first-order valence-corrected chi connectivity index (χ1v) is 14.3. The van der Waals surface area contributed by atoms with Crippen molar-refractivity contribution < 1.29 is 23.8 Å². The predicted molar refractivity (Wildman–Crippen MR) is 159 cm³/mol. The fourth-order valence-corrected chi connectivity index (χ4v) is 5.55. The fraction of sp³-hybridized carbons (Fsp3) is 0.257. The minimum Gasteiger partial charge on any atom is -0.461 e. The maximum Gasteiger partial charge on any atom is 0.310 e. The van der Waals surface area contributed by atoms with Crippen LogP contribution in [0.1, 0.15) is 34.3 Å². The van der Waals surface area contributed by atoms with Crippen LogP contribution in [-0.2, 0) is 32.2 Å². The van der Waals surface area contributed by atoms with Gasteiger partial charge in [-0.25, -0.2) is 0 Å². The number of hydrogen-bond acceptors (Lipinski definition) is 5. The van der Waals surface area contributed by atoms with E-state index in [1.54, 1.807) is 0 Å². The van der Waals surface area contributed by atoms with Gasteiger partial charge in [-0.05, 0) is 53.1 Å². The second kappa shape index (κ2) is 14.2. The lowest BCUT2D eigenvalue weighted by molar-refractivity contribution is -0.154. The van der Waals surface area contributed by atoms with Gasteiger partial charge in [0.1, 0.15) is 13.4 Å². The van der Waals surface area contributed by atoms with E-state index in [1.807, 2.05) is 109 Å². The van der Waals surface area contributed by atoms with E-state index in [9.17, 15) is 9.59 Å². The zero-order valence-corrected chi connectivity index (χ0v) is 23.5. The van der Waals surface area contributed by atoms with E-state index in [1.165, 1.54) is 0 Å². The largest absolute Gasteiger partial charge is 0.461 e. The van der Waals surface area contributed by atoms with Gasteiger partial charge in [0.25, 0.3) is 0 Å². The number of ketones is 1. The van der Waals surface area contributed by atoms with Crippen molar-refractivity contribution >= 4 is 23.4 Å². The Morgan fingerprint density at radius 3 is 1.90 bits per heavy atom. The highest BCUT2D eigenvalue weighted by atomic mass is 35.5. The fourth-order valence-electron chi connectivity index (χ4n) is 5.42. The first kappa shape index (κ1) is 28.7. The van der Waals surface area contributed by atoms with Crippen LogP contribution in [0.5, 0.6) is 0 Å². The number of Topliss-reactive ketones (excluding diaryl/α,β-unsaturated/α-hetero) is 1. The molecule has 0 heterocycles. The summed E-state index contributed by atoms with van der Waals surface area (Å²) in [6, 6.07) is 34.5. The van der Waals surface area contributed by atoms with Crippen molar-refractivity contribution in [1.29, 1.82) is 0 Å². The minimum absolute atomic E-state index is 0.0443. The minimum atomic E-state index is -0.587. The molecule has 1 saturated carbocycles. The maximum absolute atomic E-state index is 13.7. The maximum atomic E-state index is 13.7. The number of carbonyl (C=O) groups is 2. The number of rotatable bonds is 12. The molecule has 1 aliphatic carbocycles. The number of carbonyl (C=O) groups excluding carboxylic acids is 2. The molecule has 1 aliphatic rings. The Morgan fingerprint density at radius 2 is 1.27 bits per heavy atom. The number of ether oxygens (including phenoxy) is 3. The van der Waals surface area contributed by atoms with Crippen molar-refractivity contribution in [2.24, 2.45) is 17.8 Å². The third-order valence-electron chi connectivity index (χ3n) is 7.58. The molecule has 2 unspecified atom stereocenters. The second-order valence-corrected chi connectivity index (χ2v) is 10.8. The molecular formula is C35H33ClO5. The van der Waals surface area contributed by atoms with Gasteiger partial charge in [-0.1, -0.05) is 109 Å². The number of halogens is 1. The van der Waals surface area contributed by atoms with Gasteiger partial charge in [-0.2, -0.15) is 0 Å². The van der Waals surface area contributed by atoms with Gasteiger partial charge in [0.05, 0.1) is 19.1 Å². The monoisotopic (exact) mass is 568 g/mol. The lowest BCUT2D eigenvalue weighted by atomic mass is 9.84. The van der Waals surface area contributed by atoms with Gasteiger partial charge in [0.2, 0.25) is 0 Å². The average Bonchev–Trinajstić information content (AvgIpc) is 3.45. The number of hydrogen-bond donors (Lipinski definition) is 0. The molecule has 0 bridgehead atoms. The molecule has 4 aromatic rings. The second-order valence-electron chi connectivity index (χ2n) is 10.3. The summed E-state index contributed by atoms with van der Waals surface area (Å²) < 4.78 is 17.2. The molecule has 5 rings (SSSR count). The first-order valence-electron chi connectivity index (χ1n) is 13.9. The van der Waals surface area contributed by atoms with Crippen LogP contribution in [0.25, 0.3) is 11.1 Å².